The Kier molecular flexibility index (Phi) is 7.15. The third-order valence-corrected chi connectivity index (χ3v) is 6.72. The van der Waals surface area contributed by atoms with Crippen LogP contribution >= 0.6 is 0 Å². The second-order valence-corrected chi connectivity index (χ2v) is 10.0. The maximum absolute atomic E-state index is 4.14. The van der Waals surface area contributed by atoms with Crippen LogP contribution in [0.2, 0.25) is 0 Å². The first kappa shape index (κ1) is 25.1. The van der Waals surface area contributed by atoms with E-state index in [0.717, 1.165) is 39.7 Å². The zero-order chi connectivity index (χ0) is 26.6. The summed E-state index contributed by atoms with van der Waals surface area (Å²) in [5.74, 6) is 0. The molecule has 0 amide bonds. The molecule has 0 aliphatic carbocycles. The van der Waals surface area contributed by atoms with Crippen molar-refractivity contribution in [2.75, 3.05) is 9.80 Å². The summed E-state index contributed by atoms with van der Waals surface area (Å²) in [5.41, 5.74) is 12.6. The smallest absolute Gasteiger partial charge is 0.0488 e. The van der Waals surface area contributed by atoms with Crippen molar-refractivity contribution in [1.82, 2.24) is 0 Å². The molecule has 0 N–H and O–H groups in total. The summed E-state index contributed by atoms with van der Waals surface area (Å²) in [4.78, 5) is 4.67. The van der Waals surface area contributed by atoms with E-state index in [2.05, 4.69) is 159 Å². The van der Waals surface area contributed by atoms with Crippen molar-refractivity contribution in [3.8, 4) is 0 Å². The molecule has 0 fully saturated rings. The molecule has 5 rings (SSSR count). The standard InChI is InChI=1S/C36H34N2/c1-6-30-23-35(37(31-15-7-11-26(2)19-31)32-16-8-12-27(3)20-32)25-36(24-30)38(33-17-9-13-28(4)21-33)34-18-10-14-29(5)22-34/h6-25H,1H2,2-5H3. The molecule has 5 aromatic rings. The van der Waals surface area contributed by atoms with Crippen LogP contribution < -0.4 is 9.80 Å². The number of anilines is 6. The van der Waals surface area contributed by atoms with Gasteiger partial charge in [0.05, 0.1) is 0 Å². The number of hydrogen-bond acceptors (Lipinski definition) is 2. The molecule has 188 valence electrons. The SMILES string of the molecule is C=Cc1cc(N(c2cccc(C)c2)c2cccc(C)c2)cc(N(c2cccc(C)c2)c2cccc(C)c2)c1. The molecular weight excluding hydrogens is 460 g/mol. The van der Waals surface area contributed by atoms with Gasteiger partial charge in [-0.3, -0.25) is 0 Å². The Morgan fingerprint density at radius 1 is 0.421 bits per heavy atom. The third kappa shape index (κ3) is 5.40. The van der Waals surface area contributed by atoms with Gasteiger partial charge in [0.25, 0.3) is 0 Å². The van der Waals surface area contributed by atoms with Crippen molar-refractivity contribution < 1.29 is 0 Å². The zero-order valence-corrected chi connectivity index (χ0v) is 22.6. The topological polar surface area (TPSA) is 6.48 Å². The molecule has 0 unspecified atom stereocenters. The van der Waals surface area contributed by atoms with Crippen LogP contribution in [0.1, 0.15) is 27.8 Å². The molecule has 0 aliphatic heterocycles. The lowest BCUT2D eigenvalue weighted by Crippen LogP contribution is -2.14. The summed E-state index contributed by atoms with van der Waals surface area (Å²) in [7, 11) is 0. The van der Waals surface area contributed by atoms with Crippen LogP contribution in [0.4, 0.5) is 34.1 Å². The quantitative estimate of drug-likeness (QED) is 0.222. The highest BCUT2D eigenvalue weighted by molar-refractivity contribution is 5.85. The van der Waals surface area contributed by atoms with Gasteiger partial charge in [0.1, 0.15) is 0 Å². The van der Waals surface area contributed by atoms with E-state index in [4.69, 9.17) is 0 Å². The van der Waals surface area contributed by atoms with Crippen LogP contribution in [0.5, 0.6) is 0 Å². The lowest BCUT2D eigenvalue weighted by atomic mass is 10.1. The average molecular weight is 495 g/mol. The summed E-state index contributed by atoms with van der Waals surface area (Å²) in [6.07, 6.45) is 1.93. The van der Waals surface area contributed by atoms with Crippen molar-refractivity contribution in [1.29, 1.82) is 0 Å². The molecule has 5 aromatic carbocycles. The van der Waals surface area contributed by atoms with Crippen LogP contribution in [-0.4, -0.2) is 0 Å². The summed E-state index contributed by atoms with van der Waals surface area (Å²) < 4.78 is 0. The van der Waals surface area contributed by atoms with E-state index in [1.807, 2.05) is 6.08 Å². The van der Waals surface area contributed by atoms with Crippen LogP contribution in [0.3, 0.4) is 0 Å². The van der Waals surface area contributed by atoms with Crippen molar-refractivity contribution in [3.05, 3.63) is 150 Å². The summed E-state index contributed by atoms with van der Waals surface area (Å²) in [5, 5.41) is 0. The Hall–Kier alpha value is -4.56. The minimum Gasteiger partial charge on any atom is -0.310 e. The first-order valence-electron chi connectivity index (χ1n) is 13.1. The van der Waals surface area contributed by atoms with Gasteiger partial charge in [-0.15, -0.1) is 0 Å². The monoisotopic (exact) mass is 494 g/mol. The van der Waals surface area contributed by atoms with E-state index in [9.17, 15) is 0 Å². The number of benzene rings is 5. The molecule has 0 bridgehead atoms. The van der Waals surface area contributed by atoms with E-state index < -0.39 is 0 Å². The van der Waals surface area contributed by atoms with E-state index in [1.165, 1.54) is 22.3 Å². The van der Waals surface area contributed by atoms with Gasteiger partial charge < -0.3 is 9.80 Å². The molecule has 0 atom stereocenters. The van der Waals surface area contributed by atoms with Gasteiger partial charge in [-0.2, -0.15) is 0 Å². The van der Waals surface area contributed by atoms with Crippen molar-refractivity contribution in [2.24, 2.45) is 0 Å². The highest BCUT2D eigenvalue weighted by Crippen LogP contribution is 2.42. The molecule has 0 spiro atoms. The van der Waals surface area contributed by atoms with Crippen LogP contribution in [0, 0.1) is 27.7 Å². The van der Waals surface area contributed by atoms with Gasteiger partial charge in [0.15, 0.2) is 0 Å². The van der Waals surface area contributed by atoms with Gasteiger partial charge >= 0.3 is 0 Å². The van der Waals surface area contributed by atoms with Crippen LogP contribution in [0.25, 0.3) is 6.08 Å². The minimum absolute atomic E-state index is 1.06. The Morgan fingerprint density at radius 3 is 1.00 bits per heavy atom. The van der Waals surface area contributed by atoms with Crippen molar-refractivity contribution >= 4 is 40.2 Å². The summed E-state index contributed by atoms with van der Waals surface area (Å²) in [6, 6.07) is 41.4. The van der Waals surface area contributed by atoms with Gasteiger partial charge in [-0.25, -0.2) is 0 Å². The van der Waals surface area contributed by atoms with Crippen LogP contribution in [-0.2, 0) is 0 Å². The van der Waals surface area contributed by atoms with Gasteiger partial charge in [0.2, 0.25) is 0 Å². The molecule has 2 nitrogen and oxygen atoms in total. The largest absolute Gasteiger partial charge is 0.310 e. The molecule has 2 heteroatoms. The first-order valence-corrected chi connectivity index (χ1v) is 13.1. The van der Waals surface area contributed by atoms with Gasteiger partial charge in [-0.1, -0.05) is 61.2 Å². The Bertz CT molecular complexity index is 1390. The fraction of sp³-hybridized carbons (Fsp3) is 0.111. The predicted octanol–water partition coefficient (Wildman–Crippen LogP) is 10.5. The second kappa shape index (κ2) is 10.8. The maximum Gasteiger partial charge on any atom is 0.0488 e. The predicted molar refractivity (Wildman–Crippen MR) is 165 cm³/mol. The lowest BCUT2D eigenvalue weighted by molar-refractivity contribution is 1.23. The number of rotatable bonds is 7. The maximum atomic E-state index is 4.14. The van der Waals surface area contributed by atoms with E-state index in [0.29, 0.717) is 0 Å². The molecule has 0 radical (unpaired) electrons. The Morgan fingerprint density at radius 2 is 0.737 bits per heavy atom. The molecule has 0 aromatic heterocycles. The number of aryl methyl sites for hydroxylation is 4. The molecule has 38 heavy (non-hydrogen) atoms. The molecule has 0 aliphatic rings. The molecule has 0 heterocycles. The average Bonchev–Trinajstić information content (AvgIpc) is 2.89. The Balaban J connectivity index is 1.76. The third-order valence-electron chi connectivity index (χ3n) is 6.72. The number of hydrogen-bond donors (Lipinski definition) is 0. The van der Waals surface area contributed by atoms with Crippen molar-refractivity contribution in [2.45, 2.75) is 27.7 Å². The highest BCUT2D eigenvalue weighted by atomic mass is 15.2. The normalized spacial score (nSPS) is 10.7. The van der Waals surface area contributed by atoms with Crippen LogP contribution in [0.15, 0.2) is 122 Å². The molecule has 0 saturated carbocycles. The van der Waals surface area contributed by atoms with E-state index in [1.54, 1.807) is 0 Å². The summed E-state index contributed by atoms with van der Waals surface area (Å²) >= 11 is 0. The Labute approximate surface area is 227 Å². The molecular formula is C36H34N2. The van der Waals surface area contributed by atoms with Gasteiger partial charge in [-0.05, 0) is 122 Å². The fourth-order valence-electron chi connectivity index (χ4n) is 4.96. The number of nitrogens with zero attached hydrogens (tertiary/aromatic N) is 2. The van der Waals surface area contributed by atoms with Gasteiger partial charge in [0, 0.05) is 34.1 Å². The fourth-order valence-corrected chi connectivity index (χ4v) is 4.96. The molecule has 0 saturated heterocycles. The lowest BCUT2D eigenvalue weighted by Gasteiger charge is -2.30. The first-order chi connectivity index (χ1) is 18.4. The zero-order valence-electron chi connectivity index (χ0n) is 22.6. The summed E-state index contributed by atoms with van der Waals surface area (Å²) in [6.45, 7) is 12.7. The minimum atomic E-state index is 1.06. The van der Waals surface area contributed by atoms with E-state index in [-0.39, 0.29) is 0 Å². The van der Waals surface area contributed by atoms with Crippen molar-refractivity contribution in [3.63, 3.8) is 0 Å². The van der Waals surface area contributed by atoms with E-state index >= 15 is 0 Å². The highest BCUT2D eigenvalue weighted by Gasteiger charge is 2.19. The second-order valence-electron chi connectivity index (χ2n) is 10.0.